The topological polar surface area (TPSA) is 79.3 Å². The normalized spacial score (nSPS) is 11.9. The summed E-state index contributed by atoms with van der Waals surface area (Å²) in [6.45, 7) is 3.75. The molecule has 17 heavy (non-hydrogen) atoms. The van der Waals surface area contributed by atoms with Crippen LogP contribution in [0.4, 0.5) is 0 Å². The van der Waals surface area contributed by atoms with Gasteiger partial charge in [0.25, 0.3) is 5.91 Å². The molecule has 0 aliphatic carbocycles. The van der Waals surface area contributed by atoms with E-state index in [2.05, 4.69) is 10.3 Å². The Labute approximate surface area is 99.9 Å². The maximum atomic E-state index is 11.6. The number of aryl methyl sites for hydroxylation is 1. The van der Waals surface area contributed by atoms with Gasteiger partial charge >= 0.3 is 5.97 Å². The Morgan fingerprint density at radius 1 is 1.47 bits per heavy atom. The van der Waals surface area contributed by atoms with Crippen molar-refractivity contribution in [2.45, 2.75) is 20.3 Å². The van der Waals surface area contributed by atoms with E-state index in [0.29, 0.717) is 18.7 Å². The number of nitrogens with one attached hydrogen (secondary N) is 1. The molecule has 0 bridgehead atoms. The van der Waals surface area contributed by atoms with Gasteiger partial charge in [0.15, 0.2) is 0 Å². The number of carboxylic acids is 1. The predicted octanol–water partition coefficient (Wildman–Crippen LogP) is 1.23. The number of carboxylic acid groups (broad SMARTS) is 1. The van der Waals surface area contributed by atoms with Crippen LogP contribution in [0.3, 0.4) is 0 Å². The van der Waals surface area contributed by atoms with E-state index in [1.54, 1.807) is 19.1 Å². The Bertz CT molecular complexity index is 418. The molecule has 0 aliphatic rings. The van der Waals surface area contributed by atoms with Gasteiger partial charge in [0.05, 0.1) is 5.92 Å². The number of aromatic nitrogens is 1. The van der Waals surface area contributed by atoms with Gasteiger partial charge in [-0.2, -0.15) is 0 Å². The van der Waals surface area contributed by atoms with Gasteiger partial charge in [-0.05, 0) is 25.5 Å². The molecule has 1 amide bonds. The van der Waals surface area contributed by atoms with Gasteiger partial charge in [-0.1, -0.05) is 13.0 Å². The van der Waals surface area contributed by atoms with Crippen LogP contribution in [0.2, 0.25) is 0 Å². The van der Waals surface area contributed by atoms with Crippen LogP contribution in [0, 0.1) is 12.8 Å². The van der Waals surface area contributed by atoms with Crippen molar-refractivity contribution >= 4 is 11.9 Å². The van der Waals surface area contributed by atoms with Crippen molar-refractivity contribution in [3.8, 4) is 0 Å². The highest BCUT2D eigenvalue weighted by molar-refractivity contribution is 5.92. The molecule has 5 nitrogen and oxygen atoms in total. The van der Waals surface area contributed by atoms with Crippen LogP contribution < -0.4 is 5.32 Å². The zero-order valence-corrected chi connectivity index (χ0v) is 9.93. The number of nitrogens with zero attached hydrogens (tertiary/aromatic N) is 1. The fourth-order valence-corrected chi connectivity index (χ4v) is 1.29. The number of carbonyl (C=O) groups is 2. The van der Waals surface area contributed by atoms with Crippen molar-refractivity contribution in [1.82, 2.24) is 10.3 Å². The maximum Gasteiger partial charge on any atom is 0.306 e. The first kappa shape index (κ1) is 13.2. The van der Waals surface area contributed by atoms with Gasteiger partial charge in [-0.25, -0.2) is 4.98 Å². The Balaban J connectivity index is 2.43. The van der Waals surface area contributed by atoms with E-state index < -0.39 is 11.9 Å². The molecule has 0 spiro atoms. The molecule has 1 heterocycles. The van der Waals surface area contributed by atoms with Gasteiger partial charge < -0.3 is 10.4 Å². The van der Waals surface area contributed by atoms with E-state index in [9.17, 15) is 9.59 Å². The molecule has 92 valence electrons. The summed E-state index contributed by atoms with van der Waals surface area (Å²) in [6.07, 6.45) is 0.410. The second-order valence-corrected chi connectivity index (χ2v) is 3.95. The van der Waals surface area contributed by atoms with E-state index in [4.69, 9.17) is 5.11 Å². The molecular weight excluding hydrogens is 220 g/mol. The minimum atomic E-state index is -0.854. The van der Waals surface area contributed by atoms with Crippen LogP contribution >= 0.6 is 0 Å². The molecule has 1 atom stereocenters. The van der Waals surface area contributed by atoms with Crippen molar-refractivity contribution < 1.29 is 14.7 Å². The van der Waals surface area contributed by atoms with E-state index in [1.165, 1.54) is 0 Å². The van der Waals surface area contributed by atoms with Gasteiger partial charge in [-0.15, -0.1) is 0 Å². The fraction of sp³-hybridized carbons (Fsp3) is 0.417. The zero-order valence-electron chi connectivity index (χ0n) is 9.93. The number of carbonyl (C=O) groups excluding carboxylic acids is 1. The van der Waals surface area contributed by atoms with E-state index in [1.807, 2.05) is 13.0 Å². The first-order valence-corrected chi connectivity index (χ1v) is 5.45. The van der Waals surface area contributed by atoms with E-state index >= 15 is 0 Å². The van der Waals surface area contributed by atoms with Crippen LogP contribution in [-0.4, -0.2) is 28.5 Å². The highest BCUT2D eigenvalue weighted by Crippen LogP contribution is 2.01. The third-order valence-corrected chi connectivity index (χ3v) is 2.41. The molecule has 0 saturated carbocycles. The number of rotatable bonds is 5. The van der Waals surface area contributed by atoms with Crippen LogP contribution in [0.25, 0.3) is 0 Å². The molecule has 2 N–H and O–H groups in total. The molecule has 1 unspecified atom stereocenters. The Morgan fingerprint density at radius 3 is 2.76 bits per heavy atom. The fourth-order valence-electron chi connectivity index (χ4n) is 1.29. The van der Waals surface area contributed by atoms with Crippen molar-refractivity contribution in [2.24, 2.45) is 5.92 Å². The molecule has 5 heteroatoms. The average Bonchev–Trinajstić information content (AvgIpc) is 2.28. The lowest BCUT2D eigenvalue weighted by molar-refractivity contribution is -0.141. The number of hydrogen-bond donors (Lipinski definition) is 2. The number of pyridine rings is 1. The summed E-state index contributed by atoms with van der Waals surface area (Å²) in [5.41, 5.74) is 1.13. The summed E-state index contributed by atoms with van der Waals surface area (Å²) in [6, 6.07) is 5.20. The SMILES string of the molecule is Cc1cccc(C(=O)NCCC(C)C(=O)O)n1. The van der Waals surface area contributed by atoms with Crippen LogP contribution in [0.5, 0.6) is 0 Å². The summed E-state index contributed by atoms with van der Waals surface area (Å²) >= 11 is 0. The molecule has 1 rings (SSSR count). The molecular formula is C12H16N2O3. The first-order valence-electron chi connectivity index (χ1n) is 5.45. The van der Waals surface area contributed by atoms with Crippen molar-refractivity contribution in [2.75, 3.05) is 6.54 Å². The molecule has 1 aromatic rings. The van der Waals surface area contributed by atoms with Crippen LogP contribution in [0.1, 0.15) is 29.5 Å². The lowest BCUT2D eigenvalue weighted by Gasteiger charge is -2.07. The Kier molecular flexibility index (Phi) is 4.63. The Morgan fingerprint density at radius 2 is 2.18 bits per heavy atom. The average molecular weight is 236 g/mol. The summed E-state index contributed by atoms with van der Waals surface area (Å²) in [5, 5.41) is 11.3. The van der Waals surface area contributed by atoms with Crippen LogP contribution in [-0.2, 0) is 4.79 Å². The first-order chi connectivity index (χ1) is 8.00. The standard InChI is InChI=1S/C12H16N2O3/c1-8(12(16)17)6-7-13-11(15)10-5-3-4-9(2)14-10/h3-5,8H,6-7H2,1-2H3,(H,13,15)(H,16,17). The smallest absolute Gasteiger partial charge is 0.306 e. The summed E-state index contributed by atoms with van der Waals surface area (Å²) in [4.78, 5) is 26.3. The van der Waals surface area contributed by atoms with Crippen LogP contribution in [0.15, 0.2) is 18.2 Å². The molecule has 1 aromatic heterocycles. The summed E-state index contributed by atoms with van der Waals surface area (Å²) < 4.78 is 0. The number of aliphatic carboxylic acids is 1. The van der Waals surface area contributed by atoms with Gasteiger partial charge in [0.2, 0.25) is 0 Å². The van der Waals surface area contributed by atoms with Crippen molar-refractivity contribution in [3.05, 3.63) is 29.6 Å². The van der Waals surface area contributed by atoms with E-state index in [0.717, 1.165) is 5.69 Å². The molecule has 0 aliphatic heterocycles. The monoisotopic (exact) mass is 236 g/mol. The van der Waals surface area contributed by atoms with E-state index in [-0.39, 0.29) is 5.91 Å². The maximum absolute atomic E-state index is 11.6. The highest BCUT2D eigenvalue weighted by atomic mass is 16.4. The quantitative estimate of drug-likeness (QED) is 0.805. The second kappa shape index (κ2) is 5.98. The molecule has 0 aromatic carbocycles. The molecule has 0 radical (unpaired) electrons. The van der Waals surface area contributed by atoms with Crippen molar-refractivity contribution in [1.29, 1.82) is 0 Å². The minimum absolute atomic E-state index is 0.272. The van der Waals surface area contributed by atoms with Gasteiger partial charge in [-0.3, -0.25) is 9.59 Å². The third-order valence-electron chi connectivity index (χ3n) is 2.41. The predicted molar refractivity (Wildman–Crippen MR) is 62.7 cm³/mol. The largest absolute Gasteiger partial charge is 0.481 e. The number of hydrogen-bond acceptors (Lipinski definition) is 3. The summed E-state index contributed by atoms with van der Waals surface area (Å²) in [7, 11) is 0. The highest BCUT2D eigenvalue weighted by Gasteiger charge is 2.12. The van der Waals surface area contributed by atoms with Gasteiger partial charge in [0, 0.05) is 12.2 Å². The third kappa shape index (κ3) is 4.22. The Hall–Kier alpha value is -1.91. The van der Waals surface area contributed by atoms with Crippen molar-refractivity contribution in [3.63, 3.8) is 0 Å². The van der Waals surface area contributed by atoms with Gasteiger partial charge in [0.1, 0.15) is 5.69 Å². The lowest BCUT2D eigenvalue weighted by Crippen LogP contribution is -2.27. The zero-order chi connectivity index (χ0) is 12.8. The summed E-state index contributed by atoms with van der Waals surface area (Å²) in [5.74, 6) is -1.58. The second-order valence-electron chi connectivity index (χ2n) is 3.95. The number of amides is 1. The molecule has 0 fully saturated rings. The lowest BCUT2D eigenvalue weighted by atomic mass is 10.1. The minimum Gasteiger partial charge on any atom is -0.481 e. The molecule has 0 saturated heterocycles.